The highest BCUT2D eigenvalue weighted by Gasteiger charge is 2.31. The standard InChI is InChI=1S/C10H8BrClF3NO3S/c1-5-2-7(16-9(17)4-10(13,14)15)6(11)3-8(5)20(12,18)19/h2-3H,4H2,1H3,(H,16,17). The number of anilines is 1. The number of carbonyl (C=O) groups excluding carboxylic acids is 1. The van der Waals surface area contributed by atoms with Crippen molar-refractivity contribution in [1.82, 2.24) is 0 Å². The maximum absolute atomic E-state index is 12.0. The third kappa shape index (κ3) is 4.95. The molecule has 112 valence electrons. The summed E-state index contributed by atoms with van der Waals surface area (Å²) in [6, 6.07) is 2.33. The van der Waals surface area contributed by atoms with Gasteiger partial charge in [-0.15, -0.1) is 0 Å². The predicted molar refractivity (Wildman–Crippen MR) is 71.2 cm³/mol. The van der Waals surface area contributed by atoms with Crippen molar-refractivity contribution in [2.75, 3.05) is 5.32 Å². The van der Waals surface area contributed by atoms with Gasteiger partial charge in [-0.2, -0.15) is 13.2 Å². The molecule has 0 bridgehead atoms. The van der Waals surface area contributed by atoms with E-state index in [1.807, 2.05) is 5.32 Å². The van der Waals surface area contributed by atoms with E-state index in [1.165, 1.54) is 13.0 Å². The first-order valence-electron chi connectivity index (χ1n) is 5.01. The van der Waals surface area contributed by atoms with Gasteiger partial charge in [-0.25, -0.2) is 8.42 Å². The van der Waals surface area contributed by atoms with Gasteiger partial charge in [-0.1, -0.05) is 0 Å². The molecule has 1 rings (SSSR count). The van der Waals surface area contributed by atoms with E-state index in [9.17, 15) is 26.4 Å². The van der Waals surface area contributed by atoms with Gasteiger partial charge in [0.25, 0.3) is 9.05 Å². The van der Waals surface area contributed by atoms with Crippen molar-refractivity contribution in [3.63, 3.8) is 0 Å². The van der Waals surface area contributed by atoms with E-state index in [0.29, 0.717) is 0 Å². The fourth-order valence-corrected chi connectivity index (χ4v) is 3.19. The highest BCUT2D eigenvalue weighted by Crippen LogP contribution is 2.31. The Kier molecular flexibility index (Phi) is 5.09. The molecule has 0 aliphatic heterocycles. The summed E-state index contributed by atoms with van der Waals surface area (Å²) in [5.41, 5.74) is 0.228. The molecule has 20 heavy (non-hydrogen) atoms. The molecule has 0 heterocycles. The summed E-state index contributed by atoms with van der Waals surface area (Å²) < 4.78 is 58.7. The molecule has 1 aromatic rings. The topological polar surface area (TPSA) is 63.2 Å². The molecule has 1 N–H and O–H groups in total. The number of aryl methyl sites for hydroxylation is 1. The first-order chi connectivity index (χ1) is 8.90. The van der Waals surface area contributed by atoms with E-state index >= 15 is 0 Å². The van der Waals surface area contributed by atoms with Crippen LogP contribution in [0.2, 0.25) is 0 Å². The molecule has 0 saturated carbocycles. The molecule has 0 saturated heterocycles. The highest BCUT2D eigenvalue weighted by atomic mass is 79.9. The third-order valence-corrected chi connectivity index (χ3v) is 4.28. The van der Waals surface area contributed by atoms with Crippen LogP contribution < -0.4 is 5.32 Å². The van der Waals surface area contributed by atoms with Crippen LogP contribution in [0.25, 0.3) is 0 Å². The molecule has 0 spiro atoms. The Morgan fingerprint density at radius 2 is 1.95 bits per heavy atom. The Hall–Kier alpha value is -0.800. The lowest BCUT2D eigenvalue weighted by molar-refractivity contribution is -0.150. The van der Waals surface area contributed by atoms with E-state index in [1.54, 1.807) is 0 Å². The van der Waals surface area contributed by atoms with Gasteiger partial charge in [0.05, 0.1) is 10.6 Å². The van der Waals surface area contributed by atoms with Crippen LogP contribution in [0.1, 0.15) is 12.0 Å². The third-order valence-electron chi connectivity index (χ3n) is 2.16. The summed E-state index contributed by atoms with van der Waals surface area (Å²) in [5, 5.41) is 2.04. The zero-order valence-electron chi connectivity index (χ0n) is 9.88. The van der Waals surface area contributed by atoms with Crippen molar-refractivity contribution in [3.8, 4) is 0 Å². The SMILES string of the molecule is Cc1cc(NC(=O)CC(F)(F)F)c(Br)cc1S(=O)(=O)Cl. The molecule has 0 aliphatic rings. The summed E-state index contributed by atoms with van der Waals surface area (Å²) >= 11 is 2.96. The molecule has 0 unspecified atom stereocenters. The fourth-order valence-electron chi connectivity index (χ4n) is 1.40. The Morgan fingerprint density at radius 1 is 1.40 bits per heavy atom. The van der Waals surface area contributed by atoms with Gasteiger partial charge in [0, 0.05) is 15.2 Å². The van der Waals surface area contributed by atoms with Gasteiger partial charge < -0.3 is 5.32 Å². The molecule has 0 aliphatic carbocycles. The van der Waals surface area contributed by atoms with Gasteiger partial charge in [0.1, 0.15) is 6.42 Å². The summed E-state index contributed by atoms with van der Waals surface area (Å²) in [6.45, 7) is 1.40. The zero-order valence-corrected chi connectivity index (χ0v) is 13.0. The molecule has 1 amide bonds. The number of carbonyl (C=O) groups is 1. The monoisotopic (exact) mass is 393 g/mol. The molecule has 0 fully saturated rings. The second-order valence-electron chi connectivity index (χ2n) is 3.88. The molecule has 4 nitrogen and oxygen atoms in total. The smallest absolute Gasteiger partial charge is 0.325 e. The second-order valence-corrected chi connectivity index (χ2v) is 7.26. The number of nitrogens with one attached hydrogen (secondary N) is 1. The van der Waals surface area contributed by atoms with Crippen molar-refractivity contribution >= 4 is 47.3 Å². The van der Waals surface area contributed by atoms with Gasteiger partial charge >= 0.3 is 6.18 Å². The molecule has 0 radical (unpaired) electrons. The number of hydrogen-bond donors (Lipinski definition) is 1. The predicted octanol–water partition coefficient (Wildman–Crippen LogP) is 3.58. The molecule has 10 heteroatoms. The Morgan fingerprint density at radius 3 is 2.40 bits per heavy atom. The van der Waals surface area contributed by atoms with Crippen LogP contribution in [0, 0.1) is 6.92 Å². The van der Waals surface area contributed by atoms with Gasteiger partial charge in [-0.05, 0) is 40.5 Å². The zero-order chi connectivity index (χ0) is 15.7. The number of rotatable bonds is 3. The maximum atomic E-state index is 12.0. The van der Waals surface area contributed by atoms with Crippen molar-refractivity contribution in [3.05, 3.63) is 22.2 Å². The van der Waals surface area contributed by atoms with E-state index in [2.05, 4.69) is 15.9 Å². The summed E-state index contributed by atoms with van der Waals surface area (Å²) in [6.07, 6.45) is -6.25. The first-order valence-corrected chi connectivity index (χ1v) is 8.12. The van der Waals surface area contributed by atoms with Gasteiger partial charge in [-0.3, -0.25) is 4.79 Å². The highest BCUT2D eigenvalue weighted by molar-refractivity contribution is 9.10. The quantitative estimate of drug-likeness (QED) is 0.797. The molecule has 0 atom stereocenters. The van der Waals surface area contributed by atoms with E-state index in [-0.39, 0.29) is 20.6 Å². The lowest BCUT2D eigenvalue weighted by Gasteiger charge is -2.11. The Bertz CT molecular complexity index is 646. The number of hydrogen-bond acceptors (Lipinski definition) is 3. The molecular weight excluding hydrogens is 387 g/mol. The van der Waals surface area contributed by atoms with Crippen LogP contribution in [0.4, 0.5) is 18.9 Å². The number of halogens is 5. The van der Waals surface area contributed by atoms with Crippen LogP contribution in [-0.2, 0) is 13.8 Å². The first kappa shape index (κ1) is 17.3. The lowest BCUT2D eigenvalue weighted by atomic mass is 10.2. The van der Waals surface area contributed by atoms with Crippen molar-refractivity contribution in [2.45, 2.75) is 24.4 Å². The van der Waals surface area contributed by atoms with Crippen LogP contribution in [0.15, 0.2) is 21.5 Å². The van der Waals surface area contributed by atoms with Crippen LogP contribution in [-0.4, -0.2) is 20.5 Å². The van der Waals surface area contributed by atoms with E-state index < -0.39 is 27.6 Å². The molecule has 0 aromatic heterocycles. The minimum Gasteiger partial charge on any atom is -0.325 e. The molecular formula is C10H8BrClF3NO3S. The second kappa shape index (κ2) is 5.90. The Labute approximate surface area is 125 Å². The van der Waals surface area contributed by atoms with Crippen LogP contribution >= 0.6 is 26.6 Å². The minimum atomic E-state index is -4.62. The van der Waals surface area contributed by atoms with Gasteiger partial charge in [0.15, 0.2) is 0 Å². The lowest BCUT2D eigenvalue weighted by Crippen LogP contribution is -2.21. The average molecular weight is 395 g/mol. The van der Waals surface area contributed by atoms with E-state index in [0.717, 1.165) is 6.07 Å². The minimum absolute atomic E-state index is 0.0285. The summed E-state index contributed by atoms with van der Waals surface area (Å²) in [5.74, 6) is -1.25. The maximum Gasteiger partial charge on any atom is 0.397 e. The average Bonchev–Trinajstić information content (AvgIpc) is 2.18. The molecule has 1 aromatic carbocycles. The number of alkyl halides is 3. The van der Waals surface area contributed by atoms with Crippen molar-refractivity contribution in [2.24, 2.45) is 0 Å². The Balaban J connectivity index is 3.05. The largest absolute Gasteiger partial charge is 0.397 e. The summed E-state index contributed by atoms with van der Waals surface area (Å²) in [4.78, 5) is 11.0. The van der Waals surface area contributed by atoms with Crippen molar-refractivity contribution < 1.29 is 26.4 Å². The number of amides is 1. The van der Waals surface area contributed by atoms with Crippen LogP contribution in [0.3, 0.4) is 0 Å². The van der Waals surface area contributed by atoms with Gasteiger partial charge in [0.2, 0.25) is 5.91 Å². The number of benzene rings is 1. The van der Waals surface area contributed by atoms with E-state index in [4.69, 9.17) is 10.7 Å². The van der Waals surface area contributed by atoms with Crippen LogP contribution in [0.5, 0.6) is 0 Å². The summed E-state index contributed by atoms with van der Waals surface area (Å²) in [7, 11) is 1.22. The normalized spacial score (nSPS) is 12.3. The fraction of sp³-hybridized carbons (Fsp3) is 0.300. The van der Waals surface area contributed by atoms with Crippen molar-refractivity contribution in [1.29, 1.82) is 0 Å².